The lowest BCUT2D eigenvalue weighted by molar-refractivity contribution is 0.475. The number of nitrogens with zero attached hydrogens (tertiary/aromatic N) is 5. The summed E-state index contributed by atoms with van der Waals surface area (Å²) in [7, 11) is 0. The van der Waals surface area contributed by atoms with Crippen molar-refractivity contribution >= 4 is 57.6 Å². The molecule has 0 spiro atoms. The fraction of sp³-hybridized carbons (Fsp3) is 0.179. The highest BCUT2D eigenvalue weighted by Crippen LogP contribution is 2.38. The van der Waals surface area contributed by atoms with Crippen LogP contribution in [-0.2, 0) is 6.67 Å². The number of anilines is 3. The van der Waals surface area contributed by atoms with Gasteiger partial charge in [0.25, 0.3) is 0 Å². The van der Waals surface area contributed by atoms with Gasteiger partial charge in [0.05, 0.1) is 23.3 Å². The van der Waals surface area contributed by atoms with E-state index < -0.39 is 12.2 Å². The Morgan fingerprint density at radius 3 is 2.26 bits per heavy atom. The standard InChI is InChI=1S/C28H23FN6OS2/c1-17-12-23(7-5-18(17)15-30)34-25(28(2,3)35(27(34)38)22-8-10-24(36)11-9-22)33-26(37)32-21-6-4-19(16-31)20(13-21)14-29/h4-13,36H,14H2,1-3H3,(H,32,37)/b33-25+. The quantitative estimate of drug-likeness (QED) is 0.382. The number of aromatic hydroxyl groups is 1. The molecule has 0 radical (unpaired) electrons. The van der Waals surface area contributed by atoms with Gasteiger partial charge >= 0.3 is 0 Å². The van der Waals surface area contributed by atoms with Crippen molar-refractivity contribution in [3.05, 3.63) is 82.9 Å². The molecule has 0 amide bonds. The lowest BCUT2D eigenvalue weighted by Crippen LogP contribution is -2.45. The molecule has 3 aromatic rings. The van der Waals surface area contributed by atoms with Crippen LogP contribution in [0, 0.1) is 29.6 Å². The minimum absolute atomic E-state index is 0.119. The zero-order valence-corrected chi connectivity index (χ0v) is 22.5. The topological polar surface area (TPSA) is 98.7 Å². The van der Waals surface area contributed by atoms with Gasteiger partial charge < -0.3 is 15.3 Å². The van der Waals surface area contributed by atoms with E-state index in [1.54, 1.807) is 47.4 Å². The molecule has 3 aromatic carbocycles. The predicted octanol–water partition coefficient (Wildman–Crippen LogP) is 6.10. The molecule has 0 aromatic heterocycles. The predicted molar refractivity (Wildman–Crippen MR) is 155 cm³/mol. The number of hydrogen-bond acceptors (Lipinski definition) is 5. The third-order valence-corrected chi connectivity index (χ3v) is 6.78. The van der Waals surface area contributed by atoms with Crippen molar-refractivity contribution in [3.8, 4) is 17.9 Å². The Balaban J connectivity index is 1.80. The maximum atomic E-state index is 13.4. The molecule has 1 aliphatic heterocycles. The van der Waals surface area contributed by atoms with Crippen molar-refractivity contribution in [2.45, 2.75) is 33.0 Å². The molecule has 1 aliphatic rings. The highest BCUT2D eigenvalue weighted by atomic mass is 32.1. The second-order valence-electron chi connectivity index (χ2n) is 9.12. The minimum Gasteiger partial charge on any atom is -0.508 e. The van der Waals surface area contributed by atoms with Gasteiger partial charge in [0.15, 0.2) is 10.2 Å². The molecule has 190 valence electrons. The van der Waals surface area contributed by atoms with Gasteiger partial charge in [-0.2, -0.15) is 10.5 Å². The molecule has 0 aliphatic carbocycles. The Morgan fingerprint density at radius 2 is 1.66 bits per heavy atom. The highest BCUT2D eigenvalue weighted by molar-refractivity contribution is 7.81. The summed E-state index contributed by atoms with van der Waals surface area (Å²) in [4.78, 5) is 8.47. The molecule has 1 fully saturated rings. The molecule has 1 saturated heterocycles. The number of aliphatic imine (C=N–C) groups is 1. The number of amidine groups is 1. The summed E-state index contributed by atoms with van der Waals surface area (Å²) in [6.07, 6.45) is 0. The summed E-state index contributed by atoms with van der Waals surface area (Å²) in [5, 5.41) is 32.0. The summed E-state index contributed by atoms with van der Waals surface area (Å²) in [5.41, 5.74) is 3.01. The van der Waals surface area contributed by atoms with Crippen LogP contribution < -0.4 is 15.1 Å². The molecule has 0 bridgehead atoms. The summed E-state index contributed by atoms with van der Waals surface area (Å²) in [5.74, 6) is 0.655. The first-order valence-corrected chi connectivity index (χ1v) is 12.4. The molecule has 10 heteroatoms. The van der Waals surface area contributed by atoms with Crippen LogP contribution in [0.3, 0.4) is 0 Å². The Morgan fingerprint density at radius 1 is 1.03 bits per heavy atom. The molecule has 7 nitrogen and oxygen atoms in total. The number of phenols is 1. The average Bonchev–Trinajstić information content (AvgIpc) is 3.08. The zero-order valence-electron chi connectivity index (χ0n) is 20.9. The Bertz CT molecular complexity index is 1550. The average molecular weight is 543 g/mol. The van der Waals surface area contributed by atoms with Crippen LogP contribution in [0.1, 0.15) is 36.1 Å². The number of halogens is 1. The normalized spacial score (nSPS) is 15.3. The number of alkyl halides is 1. The van der Waals surface area contributed by atoms with E-state index in [2.05, 4.69) is 11.4 Å². The second kappa shape index (κ2) is 10.5. The van der Waals surface area contributed by atoms with Crippen LogP contribution in [0.4, 0.5) is 21.5 Å². The van der Waals surface area contributed by atoms with E-state index >= 15 is 0 Å². The largest absolute Gasteiger partial charge is 0.508 e. The van der Waals surface area contributed by atoms with E-state index in [0.717, 1.165) is 11.3 Å². The Kier molecular flexibility index (Phi) is 7.40. The number of aryl methyl sites for hydroxylation is 1. The van der Waals surface area contributed by atoms with Crippen LogP contribution in [0.2, 0.25) is 0 Å². The van der Waals surface area contributed by atoms with Crippen molar-refractivity contribution < 1.29 is 9.50 Å². The molecule has 0 atom stereocenters. The van der Waals surface area contributed by atoms with E-state index in [-0.39, 0.29) is 22.0 Å². The van der Waals surface area contributed by atoms with Gasteiger partial charge in [-0.15, -0.1) is 0 Å². The van der Waals surface area contributed by atoms with E-state index in [1.807, 2.05) is 37.8 Å². The number of thiocarbonyl (C=S) groups is 2. The maximum Gasteiger partial charge on any atom is 0.199 e. The Labute approximate surface area is 231 Å². The van der Waals surface area contributed by atoms with E-state index in [1.165, 1.54) is 12.1 Å². The second-order valence-corrected chi connectivity index (χ2v) is 9.87. The molecule has 0 saturated carbocycles. The van der Waals surface area contributed by atoms with Gasteiger partial charge in [-0.05, 0) is 111 Å². The minimum atomic E-state index is -0.783. The zero-order chi connectivity index (χ0) is 27.6. The first-order chi connectivity index (χ1) is 18.1. The van der Waals surface area contributed by atoms with Crippen LogP contribution in [0.15, 0.2) is 65.7 Å². The van der Waals surface area contributed by atoms with Crippen LogP contribution in [-0.4, -0.2) is 26.7 Å². The fourth-order valence-corrected chi connectivity index (χ4v) is 5.04. The van der Waals surface area contributed by atoms with Gasteiger partial charge in [0.2, 0.25) is 0 Å². The number of nitriles is 2. The van der Waals surface area contributed by atoms with Crippen molar-refractivity contribution in [2.24, 2.45) is 4.99 Å². The molecule has 38 heavy (non-hydrogen) atoms. The van der Waals surface area contributed by atoms with Crippen molar-refractivity contribution in [1.29, 1.82) is 10.5 Å². The number of hydrogen-bond donors (Lipinski definition) is 2. The molecule has 4 rings (SSSR count). The van der Waals surface area contributed by atoms with Crippen LogP contribution >= 0.6 is 24.4 Å². The highest BCUT2D eigenvalue weighted by Gasteiger charge is 2.48. The third kappa shape index (κ3) is 4.92. The first-order valence-electron chi connectivity index (χ1n) is 11.5. The summed E-state index contributed by atoms with van der Waals surface area (Å²) >= 11 is 11.5. The number of benzene rings is 3. The Hall–Kier alpha value is -4.38. The number of phenolic OH excluding ortho intramolecular Hbond substituents is 1. The van der Waals surface area contributed by atoms with Crippen molar-refractivity contribution in [1.82, 2.24) is 0 Å². The maximum absolute atomic E-state index is 13.4. The molecular weight excluding hydrogens is 519 g/mol. The van der Waals surface area contributed by atoms with E-state index in [0.29, 0.717) is 27.9 Å². The van der Waals surface area contributed by atoms with E-state index in [4.69, 9.17) is 29.4 Å². The SMILES string of the molecule is Cc1cc(N2C(=S)N(c3ccc(O)cc3)C(C)(C)/C2=N\C(=S)Nc2ccc(C#N)c(CF)c2)ccc1C#N. The third-order valence-electron chi connectivity index (χ3n) is 6.23. The monoisotopic (exact) mass is 542 g/mol. The van der Waals surface area contributed by atoms with E-state index in [9.17, 15) is 20.0 Å². The van der Waals surface area contributed by atoms with Crippen molar-refractivity contribution in [2.75, 3.05) is 15.1 Å². The van der Waals surface area contributed by atoms with Gasteiger partial charge in [0, 0.05) is 22.6 Å². The summed E-state index contributed by atoms with van der Waals surface area (Å²) in [6, 6.07) is 20.9. The number of rotatable bonds is 4. The lowest BCUT2D eigenvalue weighted by atomic mass is 10.0. The molecule has 0 unspecified atom stereocenters. The first kappa shape index (κ1) is 26.7. The smallest absolute Gasteiger partial charge is 0.199 e. The van der Waals surface area contributed by atoms with Gasteiger partial charge in [-0.3, -0.25) is 4.90 Å². The van der Waals surface area contributed by atoms with Crippen molar-refractivity contribution in [3.63, 3.8) is 0 Å². The van der Waals surface area contributed by atoms with Crippen LogP contribution in [0.5, 0.6) is 5.75 Å². The van der Waals surface area contributed by atoms with Gasteiger partial charge in [-0.25, -0.2) is 9.38 Å². The molecule has 2 N–H and O–H groups in total. The summed E-state index contributed by atoms with van der Waals surface area (Å²) in [6.45, 7) is 4.97. The summed E-state index contributed by atoms with van der Waals surface area (Å²) < 4.78 is 13.4. The lowest BCUT2D eigenvalue weighted by Gasteiger charge is -2.31. The van der Waals surface area contributed by atoms with Gasteiger partial charge in [0.1, 0.15) is 23.8 Å². The van der Waals surface area contributed by atoms with Gasteiger partial charge in [-0.1, -0.05) is 0 Å². The van der Waals surface area contributed by atoms with Crippen LogP contribution in [0.25, 0.3) is 0 Å². The molecule has 1 heterocycles. The number of nitrogens with one attached hydrogen (secondary N) is 1. The molecular formula is C28H23FN6OS2. The fourth-order valence-electron chi connectivity index (χ4n) is 4.31.